The second-order valence-corrected chi connectivity index (χ2v) is 3.05. The molecule has 2 atom stereocenters. The lowest BCUT2D eigenvalue weighted by Gasteiger charge is -2.12. The molecule has 0 fully saturated rings. The molecule has 4 nitrogen and oxygen atoms in total. The van der Waals surface area contributed by atoms with Crippen molar-refractivity contribution in [3.63, 3.8) is 0 Å². The first-order valence-electron chi connectivity index (χ1n) is 4.26. The first kappa shape index (κ1) is 11.4. The molecule has 0 radical (unpaired) electrons. The maximum absolute atomic E-state index is 11.1. The lowest BCUT2D eigenvalue weighted by atomic mass is 10.2. The zero-order valence-corrected chi connectivity index (χ0v) is 7.71. The quantitative estimate of drug-likeness (QED) is 0.524. The SMILES string of the molecule is CC[C@@H](N)C(=O)NCC(C)CO. The minimum absolute atomic E-state index is 0.0850. The Kier molecular flexibility index (Phi) is 5.66. The topological polar surface area (TPSA) is 75.4 Å². The fourth-order valence-electron chi connectivity index (χ4n) is 0.656. The van der Waals surface area contributed by atoms with Crippen LogP contribution in [0.3, 0.4) is 0 Å². The Balaban J connectivity index is 3.56. The Morgan fingerprint density at radius 2 is 2.25 bits per heavy atom. The Morgan fingerprint density at radius 3 is 2.67 bits per heavy atom. The standard InChI is InChI=1S/C8H18N2O2/c1-3-7(9)8(12)10-4-6(2)5-11/h6-7,11H,3-5,9H2,1-2H3,(H,10,12)/t6?,7-/m1/s1. The van der Waals surface area contributed by atoms with Gasteiger partial charge in [-0.3, -0.25) is 4.79 Å². The van der Waals surface area contributed by atoms with Crippen LogP contribution < -0.4 is 11.1 Å². The number of carbonyl (C=O) groups is 1. The largest absolute Gasteiger partial charge is 0.396 e. The van der Waals surface area contributed by atoms with Gasteiger partial charge in [0.1, 0.15) is 0 Å². The smallest absolute Gasteiger partial charge is 0.236 e. The van der Waals surface area contributed by atoms with Crippen LogP contribution >= 0.6 is 0 Å². The van der Waals surface area contributed by atoms with Gasteiger partial charge >= 0.3 is 0 Å². The van der Waals surface area contributed by atoms with Gasteiger partial charge in [-0.15, -0.1) is 0 Å². The molecule has 0 aromatic rings. The minimum Gasteiger partial charge on any atom is -0.396 e. The molecule has 0 saturated carbocycles. The van der Waals surface area contributed by atoms with Crippen molar-refractivity contribution in [3.05, 3.63) is 0 Å². The molecule has 0 heterocycles. The van der Waals surface area contributed by atoms with Gasteiger partial charge < -0.3 is 16.2 Å². The molecule has 0 aromatic heterocycles. The van der Waals surface area contributed by atoms with Crippen molar-refractivity contribution >= 4 is 5.91 Å². The summed E-state index contributed by atoms with van der Waals surface area (Å²) >= 11 is 0. The Hall–Kier alpha value is -0.610. The van der Waals surface area contributed by atoms with E-state index in [0.717, 1.165) is 0 Å². The third-order valence-electron chi connectivity index (χ3n) is 1.71. The second-order valence-electron chi connectivity index (χ2n) is 3.05. The Labute approximate surface area is 73.1 Å². The van der Waals surface area contributed by atoms with Crippen LogP contribution in [0.1, 0.15) is 20.3 Å². The molecule has 4 N–H and O–H groups in total. The van der Waals surface area contributed by atoms with E-state index in [1.165, 1.54) is 0 Å². The number of nitrogens with two attached hydrogens (primary N) is 1. The molecule has 0 aliphatic heterocycles. The van der Waals surface area contributed by atoms with Crippen molar-refractivity contribution in [1.29, 1.82) is 0 Å². The molecule has 1 amide bonds. The predicted molar refractivity (Wildman–Crippen MR) is 47.5 cm³/mol. The van der Waals surface area contributed by atoms with Crippen LogP contribution in [0.15, 0.2) is 0 Å². The van der Waals surface area contributed by atoms with E-state index in [4.69, 9.17) is 10.8 Å². The van der Waals surface area contributed by atoms with Crippen molar-refractivity contribution in [1.82, 2.24) is 5.32 Å². The molecule has 0 rings (SSSR count). The number of amides is 1. The van der Waals surface area contributed by atoms with Gasteiger partial charge in [-0.05, 0) is 12.3 Å². The molecule has 0 saturated heterocycles. The maximum Gasteiger partial charge on any atom is 0.236 e. The van der Waals surface area contributed by atoms with Crippen LogP contribution in [-0.4, -0.2) is 30.2 Å². The molecule has 0 aliphatic carbocycles. The number of aliphatic hydroxyl groups excluding tert-OH is 1. The van der Waals surface area contributed by atoms with E-state index >= 15 is 0 Å². The van der Waals surface area contributed by atoms with Gasteiger partial charge in [-0.1, -0.05) is 13.8 Å². The molecule has 0 spiro atoms. The molecule has 12 heavy (non-hydrogen) atoms. The zero-order valence-electron chi connectivity index (χ0n) is 7.71. The lowest BCUT2D eigenvalue weighted by Crippen LogP contribution is -2.42. The van der Waals surface area contributed by atoms with Crippen molar-refractivity contribution < 1.29 is 9.90 Å². The average molecular weight is 174 g/mol. The van der Waals surface area contributed by atoms with Gasteiger partial charge in [0.25, 0.3) is 0 Å². The van der Waals surface area contributed by atoms with E-state index < -0.39 is 6.04 Å². The summed E-state index contributed by atoms with van der Waals surface area (Å²) in [5.74, 6) is -0.0455. The van der Waals surface area contributed by atoms with E-state index in [1.807, 2.05) is 13.8 Å². The van der Waals surface area contributed by atoms with E-state index in [0.29, 0.717) is 13.0 Å². The van der Waals surface area contributed by atoms with Gasteiger partial charge in [0, 0.05) is 13.2 Å². The summed E-state index contributed by atoms with van der Waals surface area (Å²) in [5.41, 5.74) is 5.47. The van der Waals surface area contributed by atoms with E-state index in [9.17, 15) is 4.79 Å². The molecule has 4 heteroatoms. The van der Waals surface area contributed by atoms with Crippen LogP contribution in [0.2, 0.25) is 0 Å². The van der Waals surface area contributed by atoms with E-state index in [1.54, 1.807) is 0 Å². The highest BCUT2D eigenvalue weighted by Crippen LogP contribution is 1.90. The summed E-state index contributed by atoms with van der Waals surface area (Å²) in [4.78, 5) is 11.1. The van der Waals surface area contributed by atoms with Gasteiger partial charge in [-0.2, -0.15) is 0 Å². The predicted octanol–water partition coefficient (Wildman–Crippen LogP) is -0.532. The van der Waals surface area contributed by atoms with Gasteiger partial charge in [-0.25, -0.2) is 0 Å². The highest BCUT2D eigenvalue weighted by molar-refractivity contribution is 5.81. The van der Waals surface area contributed by atoms with Crippen molar-refractivity contribution in [2.24, 2.45) is 11.7 Å². The van der Waals surface area contributed by atoms with Crippen LogP contribution in [0, 0.1) is 5.92 Å². The van der Waals surface area contributed by atoms with Gasteiger partial charge in [0.2, 0.25) is 5.91 Å². The molecule has 72 valence electrons. The first-order chi connectivity index (χ1) is 5.61. The number of carbonyl (C=O) groups excluding carboxylic acids is 1. The van der Waals surface area contributed by atoms with Crippen LogP contribution in [-0.2, 0) is 4.79 Å². The number of rotatable bonds is 5. The van der Waals surface area contributed by atoms with Crippen molar-refractivity contribution in [3.8, 4) is 0 Å². The fraction of sp³-hybridized carbons (Fsp3) is 0.875. The highest BCUT2D eigenvalue weighted by atomic mass is 16.3. The normalized spacial score (nSPS) is 15.3. The summed E-state index contributed by atoms with van der Waals surface area (Å²) in [6, 6.07) is -0.420. The molecule has 0 aliphatic rings. The van der Waals surface area contributed by atoms with Gasteiger partial charge in [0.15, 0.2) is 0 Å². The molecule has 1 unspecified atom stereocenters. The zero-order chi connectivity index (χ0) is 9.56. The monoisotopic (exact) mass is 174 g/mol. The molecular formula is C8H18N2O2. The van der Waals surface area contributed by atoms with Crippen LogP contribution in [0.5, 0.6) is 0 Å². The van der Waals surface area contributed by atoms with E-state index in [2.05, 4.69) is 5.32 Å². The summed E-state index contributed by atoms with van der Waals surface area (Å²) in [6.45, 7) is 4.29. The molecule has 0 bridgehead atoms. The van der Waals surface area contributed by atoms with Crippen molar-refractivity contribution in [2.45, 2.75) is 26.3 Å². The second kappa shape index (κ2) is 5.97. The average Bonchev–Trinajstić information content (AvgIpc) is 2.11. The number of nitrogens with one attached hydrogen (secondary N) is 1. The summed E-state index contributed by atoms with van der Waals surface area (Å²) in [6.07, 6.45) is 0.638. The van der Waals surface area contributed by atoms with Crippen LogP contribution in [0.4, 0.5) is 0 Å². The first-order valence-corrected chi connectivity index (χ1v) is 4.26. The number of hydrogen-bond acceptors (Lipinski definition) is 3. The van der Waals surface area contributed by atoms with E-state index in [-0.39, 0.29) is 18.4 Å². The number of aliphatic hydroxyl groups is 1. The molecular weight excluding hydrogens is 156 g/mol. The lowest BCUT2D eigenvalue weighted by molar-refractivity contribution is -0.122. The van der Waals surface area contributed by atoms with Gasteiger partial charge in [0.05, 0.1) is 6.04 Å². The Bertz CT molecular complexity index is 139. The van der Waals surface area contributed by atoms with Crippen LogP contribution in [0.25, 0.3) is 0 Å². The summed E-state index contributed by atoms with van der Waals surface area (Å²) < 4.78 is 0. The molecule has 0 aromatic carbocycles. The third kappa shape index (κ3) is 4.31. The fourth-order valence-corrected chi connectivity index (χ4v) is 0.656. The maximum atomic E-state index is 11.1. The van der Waals surface area contributed by atoms with Crippen molar-refractivity contribution in [2.75, 3.05) is 13.2 Å². The number of hydrogen-bond donors (Lipinski definition) is 3. The minimum atomic E-state index is -0.420. The highest BCUT2D eigenvalue weighted by Gasteiger charge is 2.10. The third-order valence-corrected chi connectivity index (χ3v) is 1.71. The summed E-state index contributed by atoms with van der Waals surface area (Å²) in [5, 5.41) is 11.3. The Morgan fingerprint density at radius 1 is 1.67 bits per heavy atom. The summed E-state index contributed by atoms with van der Waals surface area (Å²) in [7, 11) is 0.